The van der Waals surface area contributed by atoms with Crippen molar-refractivity contribution in [1.82, 2.24) is 15.6 Å². The summed E-state index contributed by atoms with van der Waals surface area (Å²) in [6.45, 7) is 5.18. The zero-order chi connectivity index (χ0) is 14.4. The Morgan fingerprint density at radius 2 is 2.20 bits per heavy atom. The SMILES string of the molecule is CCc1nc(CCNC(=NC)NC2CC=CC2)sc1C. The normalized spacial score (nSPS) is 15.8. The molecule has 2 rings (SSSR count). The van der Waals surface area contributed by atoms with Crippen molar-refractivity contribution in [2.45, 2.75) is 45.6 Å². The van der Waals surface area contributed by atoms with Gasteiger partial charge < -0.3 is 10.6 Å². The van der Waals surface area contributed by atoms with E-state index < -0.39 is 0 Å². The maximum atomic E-state index is 4.66. The largest absolute Gasteiger partial charge is 0.356 e. The van der Waals surface area contributed by atoms with Crippen LogP contribution in [0.1, 0.15) is 35.3 Å². The molecule has 0 spiro atoms. The van der Waals surface area contributed by atoms with Crippen LogP contribution in [0.25, 0.3) is 0 Å². The van der Waals surface area contributed by atoms with E-state index in [4.69, 9.17) is 0 Å². The lowest BCUT2D eigenvalue weighted by atomic mass is 10.2. The molecule has 4 nitrogen and oxygen atoms in total. The lowest BCUT2D eigenvalue weighted by Crippen LogP contribution is -2.43. The van der Waals surface area contributed by atoms with Crippen molar-refractivity contribution in [2.75, 3.05) is 13.6 Å². The Kier molecular flexibility index (Phi) is 5.59. The highest BCUT2D eigenvalue weighted by atomic mass is 32.1. The molecule has 1 heterocycles. The summed E-state index contributed by atoms with van der Waals surface area (Å²) in [5, 5.41) is 8.02. The standard InChI is InChI=1S/C15H24N4S/c1-4-13-11(2)20-14(19-13)9-10-17-15(16-3)18-12-7-5-6-8-12/h5-6,12H,4,7-10H2,1-3H3,(H2,16,17,18). The van der Waals surface area contributed by atoms with E-state index in [2.05, 4.69) is 46.6 Å². The summed E-state index contributed by atoms with van der Waals surface area (Å²) >= 11 is 1.81. The average molecular weight is 292 g/mol. The molecule has 20 heavy (non-hydrogen) atoms. The molecule has 1 aliphatic carbocycles. The fraction of sp³-hybridized carbons (Fsp3) is 0.600. The van der Waals surface area contributed by atoms with Crippen LogP contribution < -0.4 is 10.6 Å². The number of nitrogens with zero attached hydrogens (tertiary/aromatic N) is 2. The lowest BCUT2D eigenvalue weighted by Gasteiger charge is -2.16. The van der Waals surface area contributed by atoms with Crippen molar-refractivity contribution in [3.63, 3.8) is 0 Å². The molecule has 1 aromatic rings. The number of hydrogen-bond acceptors (Lipinski definition) is 3. The van der Waals surface area contributed by atoms with Crippen molar-refractivity contribution in [3.8, 4) is 0 Å². The molecule has 0 bridgehead atoms. The summed E-state index contributed by atoms with van der Waals surface area (Å²) in [6, 6.07) is 0.495. The van der Waals surface area contributed by atoms with Gasteiger partial charge in [-0.1, -0.05) is 19.1 Å². The summed E-state index contributed by atoms with van der Waals surface area (Å²) < 4.78 is 0. The molecule has 0 unspecified atom stereocenters. The number of nitrogens with one attached hydrogen (secondary N) is 2. The first-order chi connectivity index (χ1) is 9.72. The highest BCUT2D eigenvalue weighted by molar-refractivity contribution is 7.11. The molecular formula is C15H24N4S. The zero-order valence-electron chi connectivity index (χ0n) is 12.6. The molecule has 0 fully saturated rings. The smallest absolute Gasteiger partial charge is 0.191 e. The van der Waals surface area contributed by atoms with Gasteiger partial charge in [0, 0.05) is 30.9 Å². The minimum atomic E-state index is 0.495. The van der Waals surface area contributed by atoms with Crippen LogP contribution in [0.3, 0.4) is 0 Å². The number of guanidine groups is 1. The van der Waals surface area contributed by atoms with E-state index in [0.29, 0.717) is 6.04 Å². The van der Waals surface area contributed by atoms with Gasteiger partial charge in [-0.15, -0.1) is 11.3 Å². The molecule has 0 amide bonds. The van der Waals surface area contributed by atoms with Gasteiger partial charge in [-0.05, 0) is 26.2 Å². The van der Waals surface area contributed by atoms with Crippen molar-refractivity contribution >= 4 is 17.3 Å². The second kappa shape index (κ2) is 7.43. The van der Waals surface area contributed by atoms with Crippen molar-refractivity contribution in [2.24, 2.45) is 4.99 Å². The number of rotatable bonds is 5. The minimum Gasteiger partial charge on any atom is -0.356 e. The van der Waals surface area contributed by atoms with E-state index in [-0.39, 0.29) is 0 Å². The van der Waals surface area contributed by atoms with Crippen LogP contribution in [-0.4, -0.2) is 30.6 Å². The number of hydrogen-bond donors (Lipinski definition) is 2. The van der Waals surface area contributed by atoms with Gasteiger partial charge in [0.2, 0.25) is 0 Å². The number of aliphatic imine (C=N–C) groups is 1. The fourth-order valence-electron chi connectivity index (χ4n) is 2.33. The summed E-state index contributed by atoms with van der Waals surface area (Å²) in [6.07, 6.45) is 8.59. The van der Waals surface area contributed by atoms with Crippen LogP contribution in [0.5, 0.6) is 0 Å². The number of aryl methyl sites for hydroxylation is 2. The van der Waals surface area contributed by atoms with Crippen LogP contribution in [0.2, 0.25) is 0 Å². The molecule has 0 saturated carbocycles. The fourth-order valence-corrected chi connectivity index (χ4v) is 3.35. The third kappa shape index (κ3) is 4.07. The predicted octanol–water partition coefficient (Wildman–Crippen LogP) is 2.44. The molecule has 0 atom stereocenters. The quantitative estimate of drug-likeness (QED) is 0.498. The molecule has 5 heteroatoms. The number of thiazole rings is 1. The van der Waals surface area contributed by atoms with Crippen LogP contribution in [-0.2, 0) is 12.8 Å². The van der Waals surface area contributed by atoms with Gasteiger partial charge in [0.15, 0.2) is 5.96 Å². The summed E-state index contributed by atoms with van der Waals surface area (Å²) in [7, 11) is 1.82. The Balaban J connectivity index is 1.75. The van der Waals surface area contributed by atoms with Crippen LogP contribution >= 0.6 is 11.3 Å². The average Bonchev–Trinajstić information content (AvgIpc) is 3.07. The van der Waals surface area contributed by atoms with Gasteiger partial charge in [0.05, 0.1) is 10.7 Å². The topological polar surface area (TPSA) is 49.3 Å². The van der Waals surface area contributed by atoms with E-state index in [9.17, 15) is 0 Å². The Bertz CT molecular complexity index is 482. The van der Waals surface area contributed by atoms with Gasteiger partial charge in [-0.25, -0.2) is 4.98 Å². The van der Waals surface area contributed by atoms with Gasteiger partial charge in [0.1, 0.15) is 0 Å². The molecule has 110 valence electrons. The van der Waals surface area contributed by atoms with E-state index in [1.54, 1.807) is 0 Å². The van der Waals surface area contributed by atoms with E-state index >= 15 is 0 Å². The minimum absolute atomic E-state index is 0.495. The van der Waals surface area contributed by atoms with Crippen LogP contribution in [0.15, 0.2) is 17.1 Å². The van der Waals surface area contributed by atoms with Gasteiger partial charge in [-0.3, -0.25) is 4.99 Å². The molecule has 0 saturated heterocycles. The Labute approximate surface area is 125 Å². The molecule has 0 radical (unpaired) electrons. The van der Waals surface area contributed by atoms with Gasteiger partial charge in [0.25, 0.3) is 0 Å². The zero-order valence-corrected chi connectivity index (χ0v) is 13.4. The van der Waals surface area contributed by atoms with Gasteiger partial charge >= 0.3 is 0 Å². The lowest BCUT2D eigenvalue weighted by molar-refractivity contribution is 0.632. The van der Waals surface area contributed by atoms with Crippen LogP contribution in [0, 0.1) is 6.92 Å². The molecule has 0 aliphatic heterocycles. The Morgan fingerprint density at radius 1 is 1.45 bits per heavy atom. The maximum Gasteiger partial charge on any atom is 0.191 e. The second-order valence-electron chi connectivity index (χ2n) is 5.00. The summed E-state index contributed by atoms with van der Waals surface area (Å²) in [5.41, 5.74) is 1.24. The molecule has 1 aromatic heterocycles. The number of aromatic nitrogens is 1. The van der Waals surface area contributed by atoms with Crippen molar-refractivity contribution < 1.29 is 0 Å². The highest BCUT2D eigenvalue weighted by Crippen LogP contribution is 2.17. The maximum absolute atomic E-state index is 4.66. The summed E-state index contributed by atoms with van der Waals surface area (Å²) in [4.78, 5) is 10.3. The van der Waals surface area contributed by atoms with E-state index in [1.165, 1.54) is 15.6 Å². The first-order valence-electron chi connectivity index (χ1n) is 7.30. The second-order valence-corrected chi connectivity index (χ2v) is 6.28. The van der Waals surface area contributed by atoms with Crippen molar-refractivity contribution in [3.05, 3.63) is 27.7 Å². The predicted molar refractivity (Wildman–Crippen MR) is 86.6 cm³/mol. The van der Waals surface area contributed by atoms with Crippen molar-refractivity contribution in [1.29, 1.82) is 0 Å². The molecule has 2 N–H and O–H groups in total. The molecule has 1 aliphatic rings. The van der Waals surface area contributed by atoms with E-state index in [1.807, 2.05) is 18.4 Å². The highest BCUT2D eigenvalue weighted by Gasteiger charge is 2.11. The monoisotopic (exact) mass is 292 g/mol. The van der Waals surface area contributed by atoms with Gasteiger partial charge in [-0.2, -0.15) is 0 Å². The Morgan fingerprint density at radius 3 is 2.80 bits per heavy atom. The summed E-state index contributed by atoms with van der Waals surface area (Å²) in [5.74, 6) is 0.891. The first kappa shape index (κ1) is 15.0. The van der Waals surface area contributed by atoms with Crippen LogP contribution in [0.4, 0.5) is 0 Å². The third-order valence-corrected chi connectivity index (χ3v) is 4.55. The first-order valence-corrected chi connectivity index (χ1v) is 8.12. The molecular weight excluding hydrogens is 268 g/mol. The van der Waals surface area contributed by atoms with E-state index in [0.717, 1.165) is 38.2 Å². The third-order valence-electron chi connectivity index (χ3n) is 3.48. The molecule has 0 aromatic carbocycles. The Hall–Kier alpha value is -1.36.